The van der Waals surface area contributed by atoms with Crippen LogP contribution in [0.15, 0.2) is 58.3 Å². The van der Waals surface area contributed by atoms with Gasteiger partial charge in [-0.3, -0.25) is 19.8 Å². The van der Waals surface area contributed by atoms with Gasteiger partial charge in [0.2, 0.25) is 0 Å². The van der Waals surface area contributed by atoms with Crippen molar-refractivity contribution in [1.82, 2.24) is 4.98 Å². The number of fused-ring (bicyclic) bond motifs is 1. The topological polar surface area (TPSA) is 98.7 Å². The SMILES string of the molecule is COCCN(C(=O)c1oc2ccccc2c1C)c1nc(-c2ccc([N+](=O)[O-])cc2)cs1. The molecule has 0 saturated carbocycles. The number of carbonyl (C=O) groups is 1. The molecule has 0 fully saturated rings. The zero-order valence-electron chi connectivity index (χ0n) is 16.9. The molecule has 2 heterocycles. The number of thiazole rings is 1. The van der Waals surface area contributed by atoms with Crippen LogP contribution in [0.3, 0.4) is 0 Å². The third-order valence-electron chi connectivity index (χ3n) is 4.90. The van der Waals surface area contributed by atoms with Crippen molar-refractivity contribution >= 4 is 39.0 Å². The Balaban J connectivity index is 1.67. The molecule has 8 nitrogen and oxygen atoms in total. The van der Waals surface area contributed by atoms with Crippen LogP contribution < -0.4 is 4.90 Å². The van der Waals surface area contributed by atoms with Gasteiger partial charge >= 0.3 is 0 Å². The van der Waals surface area contributed by atoms with Crippen molar-refractivity contribution in [3.8, 4) is 11.3 Å². The van der Waals surface area contributed by atoms with Gasteiger partial charge in [-0.05, 0) is 25.1 Å². The maximum absolute atomic E-state index is 13.4. The van der Waals surface area contributed by atoms with Crippen molar-refractivity contribution < 1.29 is 18.9 Å². The lowest BCUT2D eigenvalue weighted by atomic mass is 10.1. The number of ether oxygens (including phenoxy) is 1. The Bertz CT molecular complexity index is 1250. The summed E-state index contributed by atoms with van der Waals surface area (Å²) in [6.45, 7) is 2.49. The minimum Gasteiger partial charge on any atom is -0.451 e. The molecule has 9 heteroatoms. The van der Waals surface area contributed by atoms with Crippen LogP contribution in [0.25, 0.3) is 22.2 Å². The molecule has 2 aromatic carbocycles. The zero-order chi connectivity index (χ0) is 22.0. The summed E-state index contributed by atoms with van der Waals surface area (Å²) < 4.78 is 11.0. The van der Waals surface area contributed by atoms with E-state index in [4.69, 9.17) is 9.15 Å². The molecule has 0 aliphatic rings. The molecule has 0 aliphatic carbocycles. The molecule has 4 aromatic rings. The van der Waals surface area contributed by atoms with Crippen molar-refractivity contribution in [2.24, 2.45) is 0 Å². The average molecular weight is 437 g/mol. The van der Waals surface area contributed by atoms with E-state index < -0.39 is 4.92 Å². The molecule has 0 radical (unpaired) electrons. The van der Waals surface area contributed by atoms with Crippen molar-refractivity contribution in [2.45, 2.75) is 6.92 Å². The molecule has 1 amide bonds. The Hall–Kier alpha value is -3.56. The third kappa shape index (κ3) is 4.05. The molecule has 0 aliphatic heterocycles. The molecule has 158 valence electrons. The van der Waals surface area contributed by atoms with Crippen LogP contribution in [0.5, 0.6) is 0 Å². The summed E-state index contributed by atoms with van der Waals surface area (Å²) in [6.07, 6.45) is 0. The van der Waals surface area contributed by atoms with E-state index in [2.05, 4.69) is 4.98 Å². The largest absolute Gasteiger partial charge is 0.451 e. The van der Waals surface area contributed by atoms with E-state index >= 15 is 0 Å². The highest BCUT2D eigenvalue weighted by atomic mass is 32.1. The highest BCUT2D eigenvalue weighted by molar-refractivity contribution is 7.14. The number of benzene rings is 2. The van der Waals surface area contributed by atoms with Crippen LogP contribution in [0, 0.1) is 17.0 Å². The summed E-state index contributed by atoms with van der Waals surface area (Å²) in [5.41, 5.74) is 2.80. The van der Waals surface area contributed by atoms with Crippen LogP contribution in [-0.2, 0) is 4.74 Å². The third-order valence-corrected chi connectivity index (χ3v) is 5.76. The van der Waals surface area contributed by atoms with E-state index in [0.717, 1.165) is 16.5 Å². The fraction of sp³-hybridized carbons (Fsp3) is 0.182. The van der Waals surface area contributed by atoms with Crippen LogP contribution in [-0.4, -0.2) is 36.1 Å². The van der Waals surface area contributed by atoms with E-state index in [0.29, 0.717) is 29.6 Å². The number of non-ortho nitro benzene ring substituents is 1. The number of furan rings is 1. The molecule has 0 atom stereocenters. The van der Waals surface area contributed by atoms with E-state index in [9.17, 15) is 14.9 Å². The first-order valence-electron chi connectivity index (χ1n) is 9.49. The number of nitro benzene ring substituents is 1. The van der Waals surface area contributed by atoms with Gasteiger partial charge in [0, 0.05) is 41.1 Å². The van der Waals surface area contributed by atoms with E-state index in [1.165, 1.54) is 28.4 Å². The standard InChI is InChI=1S/C22H19N3O5S/c1-14-17-5-3-4-6-19(17)30-20(14)21(26)24(11-12-29-2)22-23-18(13-31-22)15-7-9-16(10-8-15)25(27)28/h3-10,13H,11-12H2,1-2H3. The summed E-state index contributed by atoms with van der Waals surface area (Å²) >= 11 is 1.31. The number of aromatic nitrogens is 1. The Morgan fingerprint density at radius 2 is 1.97 bits per heavy atom. The number of methoxy groups -OCH3 is 1. The number of rotatable bonds is 7. The van der Waals surface area contributed by atoms with Crippen LogP contribution in [0.4, 0.5) is 10.8 Å². The van der Waals surface area contributed by atoms with Gasteiger partial charge in [-0.25, -0.2) is 4.98 Å². The lowest BCUT2D eigenvalue weighted by molar-refractivity contribution is -0.384. The first kappa shape index (κ1) is 20.7. The molecule has 0 spiro atoms. The van der Waals surface area contributed by atoms with Crippen molar-refractivity contribution in [2.75, 3.05) is 25.2 Å². The second-order valence-corrected chi connectivity index (χ2v) is 7.66. The van der Waals surface area contributed by atoms with Gasteiger partial charge in [-0.2, -0.15) is 0 Å². The number of para-hydroxylation sites is 1. The minimum atomic E-state index is -0.447. The molecule has 0 N–H and O–H groups in total. The van der Waals surface area contributed by atoms with Crippen molar-refractivity contribution in [3.05, 3.63) is 75.3 Å². The monoisotopic (exact) mass is 437 g/mol. The highest BCUT2D eigenvalue weighted by Gasteiger charge is 2.26. The van der Waals surface area contributed by atoms with E-state index in [1.54, 1.807) is 19.2 Å². The quantitative estimate of drug-likeness (QED) is 0.296. The number of aryl methyl sites for hydroxylation is 1. The van der Waals surface area contributed by atoms with Gasteiger partial charge in [0.15, 0.2) is 10.9 Å². The van der Waals surface area contributed by atoms with Gasteiger partial charge in [-0.1, -0.05) is 18.2 Å². The van der Waals surface area contributed by atoms with Crippen LogP contribution >= 0.6 is 11.3 Å². The van der Waals surface area contributed by atoms with Crippen molar-refractivity contribution in [1.29, 1.82) is 0 Å². The summed E-state index contributed by atoms with van der Waals surface area (Å²) in [7, 11) is 1.57. The number of nitro groups is 1. The van der Waals surface area contributed by atoms with E-state index in [-0.39, 0.29) is 17.4 Å². The molecule has 31 heavy (non-hydrogen) atoms. The molecular formula is C22H19N3O5S. The fourth-order valence-electron chi connectivity index (χ4n) is 3.24. The lowest BCUT2D eigenvalue weighted by Gasteiger charge is -2.18. The fourth-order valence-corrected chi connectivity index (χ4v) is 4.10. The molecule has 4 rings (SSSR count). The van der Waals surface area contributed by atoms with Gasteiger partial charge in [-0.15, -0.1) is 11.3 Å². The molecule has 2 aromatic heterocycles. The smallest absolute Gasteiger partial charge is 0.296 e. The van der Waals surface area contributed by atoms with Crippen LogP contribution in [0.1, 0.15) is 16.1 Å². The molecule has 0 saturated heterocycles. The summed E-state index contributed by atoms with van der Waals surface area (Å²) in [5.74, 6) is -0.0280. The molecule has 0 unspecified atom stereocenters. The summed E-state index contributed by atoms with van der Waals surface area (Å²) in [5, 5.41) is 14.1. The maximum atomic E-state index is 13.4. The number of anilines is 1. The lowest BCUT2D eigenvalue weighted by Crippen LogP contribution is -2.34. The van der Waals surface area contributed by atoms with Gasteiger partial charge < -0.3 is 9.15 Å². The highest BCUT2D eigenvalue weighted by Crippen LogP contribution is 2.31. The average Bonchev–Trinajstić information content (AvgIpc) is 3.39. The second-order valence-electron chi connectivity index (χ2n) is 6.82. The van der Waals surface area contributed by atoms with Gasteiger partial charge in [0.25, 0.3) is 11.6 Å². The predicted octanol–water partition coefficient (Wildman–Crippen LogP) is 5.07. The maximum Gasteiger partial charge on any atom is 0.296 e. The number of amides is 1. The minimum absolute atomic E-state index is 0.0106. The Morgan fingerprint density at radius 1 is 1.23 bits per heavy atom. The first-order valence-corrected chi connectivity index (χ1v) is 10.4. The number of hydrogen-bond acceptors (Lipinski definition) is 7. The zero-order valence-corrected chi connectivity index (χ0v) is 17.7. The Kier molecular flexibility index (Phi) is 5.79. The number of nitrogens with zero attached hydrogens (tertiary/aromatic N) is 3. The first-order chi connectivity index (χ1) is 15.0. The predicted molar refractivity (Wildman–Crippen MR) is 119 cm³/mol. The normalized spacial score (nSPS) is 11.0. The number of hydrogen-bond donors (Lipinski definition) is 0. The molecule has 0 bridgehead atoms. The Morgan fingerprint density at radius 3 is 2.65 bits per heavy atom. The second kappa shape index (κ2) is 8.66. The van der Waals surface area contributed by atoms with E-state index in [1.807, 2.05) is 36.6 Å². The van der Waals surface area contributed by atoms with Gasteiger partial charge in [0.05, 0.1) is 23.8 Å². The summed E-state index contributed by atoms with van der Waals surface area (Å²) in [4.78, 5) is 29.9. The Labute approximate surface area is 181 Å². The van der Waals surface area contributed by atoms with Crippen LogP contribution in [0.2, 0.25) is 0 Å². The van der Waals surface area contributed by atoms with Crippen molar-refractivity contribution in [3.63, 3.8) is 0 Å². The number of carbonyl (C=O) groups excluding carboxylic acids is 1. The molecular weight excluding hydrogens is 418 g/mol. The summed E-state index contributed by atoms with van der Waals surface area (Å²) in [6, 6.07) is 13.6. The van der Waals surface area contributed by atoms with Gasteiger partial charge in [0.1, 0.15) is 5.58 Å².